The first-order valence-electron chi connectivity index (χ1n) is 7.80. The number of nitrogens with one attached hydrogen (secondary N) is 3. The molecule has 0 radical (unpaired) electrons. The van der Waals surface area contributed by atoms with Gasteiger partial charge in [-0.3, -0.25) is 4.79 Å². The Morgan fingerprint density at radius 1 is 1.20 bits per heavy atom. The fraction of sp³-hybridized carbons (Fsp3) is 0.0526. The van der Waals surface area contributed by atoms with E-state index in [-0.39, 0.29) is 11.7 Å². The normalized spacial score (nSPS) is 11.0. The van der Waals surface area contributed by atoms with Crippen LogP contribution in [0.4, 0.5) is 10.1 Å². The Hall–Kier alpha value is -3.41. The molecule has 0 aliphatic carbocycles. The first-order chi connectivity index (χ1) is 12.1. The summed E-state index contributed by atoms with van der Waals surface area (Å²) < 4.78 is 13.9. The van der Waals surface area contributed by atoms with Gasteiger partial charge in [0.15, 0.2) is 0 Å². The van der Waals surface area contributed by atoms with E-state index < -0.39 is 0 Å². The summed E-state index contributed by atoms with van der Waals surface area (Å²) in [6, 6.07) is 12.0. The largest absolute Gasteiger partial charge is 0.351 e. The molecule has 0 aliphatic heterocycles. The Kier molecular flexibility index (Phi) is 3.57. The number of amides is 1. The van der Waals surface area contributed by atoms with Gasteiger partial charge in [-0.25, -0.2) is 9.37 Å². The molecule has 124 valence electrons. The van der Waals surface area contributed by atoms with Crippen LogP contribution in [0.5, 0.6) is 0 Å². The first-order valence-corrected chi connectivity index (χ1v) is 7.80. The summed E-state index contributed by atoms with van der Waals surface area (Å²) in [5, 5.41) is 3.24. The number of fused-ring (bicyclic) bond motifs is 1. The maximum absolute atomic E-state index is 13.9. The highest BCUT2D eigenvalue weighted by atomic mass is 19.1. The summed E-state index contributed by atoms with van der Waals surface area (Å²) >= 11 is 0. The van der Waals surface area contributed by atoms with Crippen LogP contribution in [0.1, 0.15) is 16.1 Å². The topological polar surface area (TPSA) is 73.6 Å². The van der Waals surface area contributed by atoms with Gasteiger partial charge in [-0.1, -0.05) is 18.2 Å². The minimum atomic E-state index is -0.351. The van der Waals surface area contributed by atoms with Crippen LogP contribution < -0.4 is 5.32 Å². The van der Waals surface area contributed by atoms with E-state index in [1.54, 1.807) is 24.7 Å². The number of aromatic amines is 2. The van der Waals surface area contributed by atoms with Gasteiger partial charge in [-0.2, -0.15) is 0 Å². The third-order valence-corrected chi connectivity index (χ3v) is 4.11. The summed E-state index contributed by atoms with van der Waals surface area (Å²) in [6.45, 7) is 1.87. The Morgan fingerprint density at radius 2 is 2.08 bits per heavy atom. The van der Waals surface area contributed by atoms with Crippen molar-refractivity contribution in [3.05, 3.63) is 72.1 Å². The fourth-order valence-corrected chi connectivity index (χ4v) is 2.82. The number of benzene rings is 2. The van der Waals surface area contributed by atoms with Crippen LogP contribution in [0, 0.1) is 12.7 Å². The summed E-state index contributed by atoms with van der Waals surface area (Å²) in [5.74, 6) is -0.675. The summed E-state index contributed by atoms with van der Waals surface area (Å²) in [4.78, 5) is 22.6. The van der Waals surface area contributed by atoms with E-state index in [2.05, 4.69) is 20.3 Å². The van der Waals surface area contributed by atoms with E-state index >= 15 is 0 Å². The number of aromatic nitrogens is 3. The Bertz CT molecular complexity index is 1030. The molecule has 0 bridgehead atoms. The third kappa shape index (κ3) is 2.78. The summed E-state index contributed by atoms with van der Waals surface area (Å²) in [5.41, 5.74) is 4.15. The summed E-state index contributed by atoms with van der Waals surface area (Å²) in [6.07, 6.45) is 3.38. The number of H-pyrrole nitrogens is 2. The Balaban J connectivity index is 1.63. The number of carbonyl (C=O) groups excluding carboxylic acids is 1. The number of halogens is 1. The average Bonchev–Trinajstić information content (AvgIpc) is 3.28. The number of rotatable bonds is 3. The van der Waals surface area contributed by atoms with Gasteiger partial charge in [-0.15, -0.1) is 0 Å². The van der Waals surface area contributed by atoms with Crippen LogP contribution in [0.25, 0.3) is 22.2 Å². The molecule has 3 N–H and O–H groups in total. The summed E-state index contributed by atoms with van der Waals surface area (Å²) in [7, 11) is 0. The molecule has 6 heteroatoms. The average molecular weight is 334 g/mol. The highest BCUT2D eigenvalue weighted by Gasteiger charge is 2.14. The van der Waals surface area contributed by atoms with Crippen LogP contribution >= 0.6 is 0 Å². The van der Waals surface area contributed by atoms with E-state index in [0.29, 0.717) is 22.3 Å². The van der Waals surface area contributed by atoms with Crippen LogP contribution in [-0.2, 0) is 0 Å². The van der Waals surface area contributed by atoms with Gasteiger partial charge in [0, 0.05) is 22.8 Å². The van der Waals surface area contributed by atoms with Crippen LogP contribution in [-0.4, -0.2) is 20.9 Å². The predicted molar refractivity (Wildman–Crippen MR) is 95.0 cm³/mol. The minimum absolute atomic E-state index is 0.313. The van der Waals surface area contributed by atoms with Crippen molar-refractivity contribution in [2.45, 2.75) is 6.92 Å². The lowest BCUT2D eigenvalue weighted by atomic mass is 10.1. The van der Waals surface area contributed by atoms with Gasteiger partial charge >= 0.3 is 0 Å². The van der Waals surface area contributed by atoms with E-state index in [4.69, 9.17) is 0 Å². The Labute approximate surface area is 142 Å². The zero-order valence-corrected chi connectivity index (χ0v) is 13.4. The van der Waals surface area contributed by atoms with E-state index in [1.165, 1.54) is 12.1 Å². The highest BCUT2D eigenvalue weighted by molar-refractivity contribution is 6.06. The van der Waals surface area contributed by atoms with Gasteiger partial charge in [0.1, 0.15) is 11.5 Å². The van der Waals surface area contributed by atoms with Gasteiger partial charge in [-0.05, 0) is 36.8 Å². The van der Waals surface area contributed by atoms with Crippen molar-refractivity contribution in [3.8, 4) is 11.3 Å². The molecule has 0 spiro atoms. The molecule has 0 saturated carbocycles. The first kappa shape index (κ1) is 15.1. The van der Waals surface area contributed by atoms with Crippen molar-refractivity contribution in [1.29, 1.82) is 0 Å². The molecule has 0 unspecified atom stereocenters. The Morgan fingerprint density at radius 3 is 2.84 bits per heavy atom. The molecule has 1 amide bonds. The second kappa shape index (κ2) is 5.90. The van der Waals surface area contributed by atoms with Gasteiger partial charge in [0.2, 0.25) is 0 Å². The minimum Gasteiger partial charge on any atom is -0.351 e. The quantitative estimate of drug-likeness (QED) is 0.524. The molecule has 5 nitrogen and oxygen atoms in total. The van der Waals surface area contributed by atoms with Gasteiger partial charge < -0.3 is 15.3 Å². The van der Waals surface area contributed by atoms with E-state index in [1.807, 2.05) is 25.1 Å². The van der Waals surface area contributed by atoms with Crippen LogP contribution in [0.15, 0.2) is 55.0 Å². The highest BCUT2D eigenvalue weighted by Crippen LogP contribution is 2.24. The smallest absolute Gasteiger partial charge is 0.272 e. The lowest BCUT2D eigenvalue weighted by molar-refractivity contribution is 0.102. The van der Waals surface area contributed by atoms with Crippen molar-refractivity contribution in [2.75, 3.05) is 5.32 Å². The SMILES string of the molecule is Cc1ccc(F)c2cc(C(=O)Nc3cccc(-c4c[nH]cn4)c3)[nH]c12. The molecular weight excluding hydrogens is 319 g/mol. The molecule has 0 aliphatic rings. The molecule has 4 rings (SSSR count). The van der Waals surface area contributed by atoms with E-state index in [0.717, 1.165) is 16.8 Å². The zero-order valence-electron chi connectivity index (χ0n) is 13.4. The van der Waals surface area contributed by atoms with Crippen molar-refractivity contribution in [3.63, 3.8) is 0 Å². The number of hydrogen-bond donors (Lipinski definition) is 3. The molecule has 2 heterocycles. The maximum Gasteiger partial charge on any atom is 0.272 e. The fourth-order valence-electron chi connectivity index (χ4n) is 2.82. The predicted octanol–water partition coefficient (Wildman–Crippen LogP) is 4.26. The molecule has 25 heavy (non-hydrogen) atoms. The molecule has 0 fully saturated rings. The number of imidazole rings is 1. The van der Waals surface area contributed by atoms with Gasteiger partial charge in [0.05, 0.1) is 17.5 Å². The van der Waals surface area contributed by atoms with Crippen molar-refractivity contribution < 1.29 is 9.18 Å². The molecule has 0 atom stereocenters. The van der Waals surface area contributed by atoms with Crippen molar-refractivity contribution >= 4 is 22.5 Å². The lowest BCUT2D eigenvalue weighted by Crippen LogP contribution is -2.12. The van der Waals surface area contributed by atoms with Crippen molar-refractivity contribution in [2.24, 2.45) is 0 Å². The molecule has 4 aromatic rings. The van der Waals surface area contributed by atoms with Gasteiger partial charge in [0.25, 0.3) is 5.91 Å². The number of nitrogens with zero attached hydrogens (tertiary/aromatic N) is 1. The molecule has 2 aromatic carbocycles. The number of carbonyl (C=O) groups is 1. The van der Waals surface area contributed by atoms with Crippen LogP contribution in [0.2, 0.25) is 0 Å². The maximum atomic E-state index is 13.9. The second-order valence-corrected chi connectivity index (χ2v) is 5.83. The van der Waals surface area contributed by atoms with E-state index in [9.17, 15) is 9.18 Å². The second-order valence-electron chi connectivity index (χ2n) is 5.83. The molecular formula is C19H15FN4O. The lowest BCUT2D eigenvalue weighted by Gasteiger charge is -2.05. The third-order valence-electron chi connectivity index (χ3n) is 4.11. The molecule has 2 aromatic heterocycles. The number of anilines is 1. The number of hydrogen-bond acceptors (Lipinski definition) is 2. The van der Waals surface area contributed by atoms with Crippen molar-refractivity contribution in [1.82, 2.24) is 15.0 Å². The van der Waals surface area contributed by atoms with Crippen LogP contribution in [0.3, 0.4) is 0 Å². The number of aryl methyl sites for hydroxylation is 1. The monoisotopic (exact) mass is 334 g/mol. The molecule has 0 saturated heterocycles. The standard InChI is InChI=1S/C19H15FN4O/c1-11-5-6-15(20)14-8-16(24-18(11)14)19(25)23-13-4-2-3-12(7-13)17-9-21-10-22-17/h2-10,24H,1H3,(H,21,22)(H,23,25). The zero-order chi connectivity index (χ0) is 17.4.